The highest BCUT2D eigenvalue weighted by atomic mass is 35.5. The van der Waals surface area contributed by atoms with Crippen LogP contribution in [0.4, 0.5) is 0 Å². The number of hydrogen-bond donors (Lipinski definition) is 1. The van der Waals surface area contributed by atoms with Gasteiger partial charge in [-0.15, -0.1) is 11.6 Å². The predicted molar refractivity (Wildman–Crippen MR) is 67.3 cm³/mol. The van der Waals surface area contributed by atoms with Crippen molar-refractivity contribution in [2.75, 3.05) is 37.8 Å². The normalized spacial score (nSPS) is 22.8. The Bertz CT molecular complexity index is 295. The average Bonchev–Trinajstić information content (AvgIpc) is 2.72. The summed E-state index contributed by atoms with van der Waals surface area (Å²) in [6.45, 7) is 5.85. The van der Waals surface area contributed by atoms with Crippen molar-refractivity contribution in [1.29, 1.82) is 0 Å². The van der Waals surface area contributed by atoms with Gasteiger partial charge < -0.3 is 4.90 Å². The summed E-state index contributed by atoms with van der Waals surface area (Å²) in [4.78, 5) is 2.34. The van der Waals surface area contributed by atoms with Crippen LogP contribution in [0.1, 0.15) is 19.8 Å². The van der Waals surface area contributed by atoms with Gasteiger partial charge in [-0.05, 0) is 31.8 Å². The van der Waals surface area contributed by atoms with Crippen LogP contribution in [-0.4, -0.2) is 51.1 Å². The summed E-state index contributed by atoms with van der Waals surface area (Å²) in [6.07, 6.45) is 1.61. The first-order valence-electron chi connectivity index (χ1n) is 5.83. The second-order valence-corrected chi connectivity index (χ2v) is 6.56. The van der Waals surface area contributed by atoms with E-state index in [4.69, 9.17) is 11.6 Å². The Hall–Kier alpha value is 0.160. The predicted octanol–water partition coefficient (Wildman–Crippen LogP) is 0.876. The number of nitrogens with zero attached hydrogens (tertiary/aromatic N) is 1. The van der Waals surface area contributed by atoms with E-state index in [-0.39, 0.29) is 5.75 Å². The third-order valence-electron chi connectivity index (χ3n) is 2.96. The van der Waals surface area contributed by atoms with Gasteiger partial charge in [0.25, 0.3) is 0 Å². The SMILES string of the molecule is CCN1CCC(CNS(=O)(=O)CCCCl)C1. The van der Waals surface area contributed by atoms with Crippen molar-refractivity contribution in [3.05, 3.63) is 0 Å². The number of halogens is 1. The molecule has 0 bridgehead atoms. The fraction of sp³-hybridized carbons (Fsp3) is 1.00. The maximum absolute atomic E-state index is 11.5. The summed E-state index contributed by atoms with van der Waals surface area (Å²) in [7, 11) is -3.11. The molecular weight excluding hydrogens is 248 g/mol. The summed E-state index contributed by atoms with van der Waals surface area (Å²) >= 11 is 5.47. The van der Waals surface area contributed by atoms with Crippen molar-refractivity contribution in [2.24, 2.45) is 5.92 Å². The lowest BCUT2D eigenvalue weighted by Gasteiger charge is -2.13. The molecule has 1 heterocycles. The van der Waals surface area contributed by atoms with Crippen molar-refractivity contribution < 1.29 is 8.42 Å². The van der Waals surface area contributed by atoms with Crippen molar-refractivity contribution in [1.82, 2.24) is 9.62 Å². The molecule has 96 valence electrons. The van der Waals surface area contributed by atoms with Gasteiger partial charge >= 0.3 is 0 Å². The first-order chi connectivity index (χ1) is 7.57. The van der Waals surface area contributed by atoms with Crippen molar-refractivity contribution >= 4 is 21.6 Å². The van der Waals surface area contributed by atoms with Crippen LogP contribution in [0.3, 0.4) is 0 Å². The Morgan fingerprint density at radius 1 is 1.50 bits per heavy atom. The van der Waals surface area contributed by atoms with Gasteiger partial charge in [0.05, 0.1) is 5.75 Å². The van der Waals surface area contributed by atoms with Crippen molar-refractivity contribution in [2.45, 2.75) is 19.8 Å². The molecule has 0 spiro atoms. The Morgan fingerprint density at radius 2 is 2.25 bits per heavy atom. The molecule has 1 N–H and O–H groups in total. The van der Waals surface area contributed by atoms with E-state index in [0.717, 1.165) is 26.1 Å². The third-order valence-corrected chi connectivity index (χ3v) is 4.66. The van der Waals surface area contributed by atoms with Crippen LogP contribution in [0.2, 0.25) is 0 Å². The van der Waals surface area contributed by atoms with Gasteiger partial charge in [-0.1, -0.05) is 6.92 Å². The molecule has 1 fully saturated rings. The van der Waals surface area contributed by atoms with Crippen LogP contribution in [0.25, 0.3) is 0 Å². The van der Waals surface area contributed by atoms with Crippen molar-refractivity contribution in [3.63, 3.8) is 0 Å². The standard InChI is InChI=1S/C10H21ClN2O2S/c1-2-13-6-4-10(9-13)8-12-16(14,15)7-3-5-11/h10,12H,2-9H2,1H3. The Labute approximate surface area is 103 Å². The van der Waals surface area contributed by atoms with E-state index in [1.165, 1.54) is 0 Å². The van der Waals surface area contributed by atoms with E-state index in [2.05, 4.69) is 16.5 Å². The zero-order chi connectivity index (χ0) is 12.0. The molecule has 0 aromatic rings. The molecule has 4 nitrogen and oxygen atoms in total. The molecular formula is C10H21ClN2O2S. The summed E-state index contributed by atoms with van der Waals surface area (Å²) in [5.41, 5.74) is 0. The lowest BCUT2D eigenvalue weighted by atomic mass is 10.1. The molecule has 1 aliphatic rings. The molecule has 16 heavy (non-hydrogen) atoms. The van der Waals surface area contributed by atoms with E-state index in [0.29, 0.717) is 24.8 Å². The van der Waals surface area contributed by atoms with E-state index < -0.39 is 10.0 Å². The first-order valence-corrected chi connectivity index (χ1v) is 8.01. The monoisotopic (exact) mass is 268 g/mol. The summed E-state index contributed by atoms with van der Waals surface area (Å²) in [6, 6.07) is 0. The number of likely N-dealkylation sites (tertiary alicyclic amines) is 1. The second kappa shape index (κ2) is 6.79. The van der Waals surface area contributed by atoms with Crippen LogP contribution in [0.5, 0.6) is 0 Å². The molecule has 1 saturated heterocycles. The number of sulfonamides is 1. The number of hydrogen-bond acceptors (Lipinski definition) is 3. The molecule has 0 radical (unpaired) electrons. The van der Waals surface area contributed by atoms with Crippen LogP contribution in [0, 0.1) is 5.92 Å². The summed E-state index contributed by atoms with van der Waals surface area (Å²) in [5.74, 6) is 1.00. The largest absolute Gasteiger partial charge is 0.303 e. The number of alkyl halides is 1. The highest BCUT2D eigenvalue weighted by Crippen LogP contribution is 2.14. The topological polar surface area (TPSA) is 49.4 Å². The van der Waals surface area contributed by atoms with Crippen molar-refractivity contribution in [3.8, 4) is 0 Å². The quantitative estimate of drug-likeness (QED) is 0.698. The molecule has 0 amide bonds. The summed E-state index contributed by atoms with van der Waals surface area (Å²) in [5, 5.41) is 0. The fourth-order valence-electron chi connectivity index (χ4n) is 1.93. The lowest BCUT2D eigenvalue weighted by Crippen LogP contribution is -2.32. The van der Waals surface area contributed by atoms with Gasteiger partial charge in [0.15, 0.2) is 0 Å². The van der Waals surface area contributed by atoms with Gasteiger partial charge in [-0.3, -0.25) is 0 Å². The summed E-state index contributed by atoms with van der Waals surface area (Å²) < 4.78 is 25.7. The smallest absolute Gasteiger partial charge is 0.211 e. The van der Waals surface area contributed by atoms with Crippen LogP contribution >= 0.6 is 11.6 Å². The molecule has 0 aliphatic carbocycles. The van der Waals surface area contributed by atoms with Gasteiger partial charge in [0.2, 0.25) is 10.0 Å². The minimum absolute atomic E-state index is 0.140. The Balaban J connectivity index is 2.24. The molecule has 6 heteroatoms. The highest BCUT2D eigenvalue weighted by Gasteiger charge is 2.22. The maximum atomic E-state index is 11.5. The van der Waals surface area contributed by atoms with E-state index in [9.17, 15) is 8.42 Å². The molecule has 0 aromatic heterocycles. The fourth-order valence-corrected chi connectivity index (χ4v) is 3.38. The molecule has 1 atom stereocenters. The number of rotatable bonds is 7. The molecule has 0 saturated carbocycles. The van der Waals surface area contributed by atoms with Crippen LogP contribution in [0.15, 0.2) is 0 Å². The van der Waals surface area contributed by atoms with Gasteiger partial charge in [0.1, 0.15) is 0 Å². The van der Waals surface area contributed by atoms with E-state index >= 15 is 0 Å². The van der Waals surface area contributed by atoms with Crippen LogP contribution in [-0.2, 0) is 10.0 Å². The molecule has 1 unspecified atom stereocenters. The Kier molecular flexibility index (Phi) is 6.03. The van der Waals surface area contributed by atoms with Gasteiger partial charge in [0, 0.05) is 19.0 Å². The average molecular weight is 269 g/mol. The van der Waals surface area contributed by atoms with Gasteiger partial charge in [-0.2, -0.15) is 0 Å². The second-order valence-electron chi connectivity index (χ2n) is 4.26. The maximum Gasteiger partial charge on any atom is 0.211 e. The lowest BCUT2D eigenvalue weighted by molar-refractivity contribution is 0.342. The van der Waals surface area contributed by atoms with E-state index in [1.807, 2.05) is 0 Å². The molecule has 1 aliphatic heterocycles. The highest BCUT2D eigenvalue weighted by molar-refractivity contribution is 7.89. The Morgan fingerprint density at radius 3 is 2.81 bits per heavy atom. The zero-order valence-corrected chi connectivity index (χ0v) is 11.4. The van der Waals surface area contributed by atoms with E-state index in [1.54, 1.807) is 0 Å². The van der Waals surface area contributed by atoms with Gasteiger partial charge in [-0.25, -0.2) is 13.1 Å². The minimum Gasteiger partial charge on any atom is -0.303 e. The van der Waals surface area contributed by atoms with Crippen LogP contribution < -0.4 is 4.72 Å². The molecule has 0 aromatic carbocycles. The minimum atomic E-state index is -3.11. The number of nitrogens with one attached hydrogen (secondary N) is 1. The zero-order valence-electron chi connectivity index (χ0n) is 9.78. The molecule has 1 rings (SSSR count). The third kappa shape index (κ3) is 4.99. The first kappa shape index (κ1) is 14.2.